The zero-order chi connectivity index (χ0) is 12.4. The van der Waals surface area contributed by atoms with Gasteiger partial charge in [-0.25, -0.2) is 9.97 Å². The van der Waals surface area contributed by atoms with Gasteiger partial charge in [0.05, 0.1) is 24.9 Å². The summed E-state index contributed by atoms with van der Waals surface area (Å²) in [5.74, 6) is 0. The van der Waals surface area contributed by atoms with Crippen LogP contribution in [0.5, 0.6) is 0 Å². The maximum Gasteiger partial charge on any atom is 0.278 e. The number of hydrogen-bond donors (Lipinski definition) is 1. The van der Waals surface area contributed by atoms with Crippen molar-refractivity contribution in [2.75, 3.05) is 5.73 Å². The van der Waals surface area contributed by atoms with Gasteiger partial charge in [-0.15, -0.1) is 0 Å². The molecular weight excluding hydrogens is 242 g/mol. The molecule has 2 N–H and O–H groups in total. The number of nitrogens with zero attached hydrogens (tertiary/aromatic N) is 4. The molecule has 6 nitrogen and oxygen atoms in total. The Morgan fingerprint density at radius 2 is 2.18 bits per heavy atom. The third-order valence-corrected chi connectivity index (χ3v) is 2.80. The van der Waals surface area contributed by atoms with Gasteiger partial charge in [0, 0.05) is 12.7 Å². The van der Waals surface area contributed by atoms with E-state index in [0.29, 0.717) is 6.54 Å². The SMILES string of the molecule is CCn1cncc1Cn1cnc(Cl)c(N)c1=O. The van der Waals surface area contributed by atoms with Crippen LogP contribution in [0.4, 0.5) is 5.69 Å². The predicted molar refractivity (Wildman–Crippen MR) is 64.9 cm³/mol. The fourth-order valence-electron chi connectivity index (χ4n) is 1.54. The van der Waals surface area contributed by atoms with Crippen LogP contribution in [0.1, 0.15) is 12.6 Å². The van der Waals surface area contributed by atoms with Crippen molar-refractivity contribution in [3.05, 3.63) is 40.1 Å². The summed E-state index contributed by atoms with van der Waals surface area (Å²) in [5, 5.41) is 0.0373. The fourth-order valence-corrected chi connectivity index (χ4v) is 1.66. The monoisotopic (exact) mass is 253 g/mol. The Morgan fingerprint density at radius 1 is 1.41 bits per heavy atom. The van der Waals surface area contributed by atoms with Crippen LogP contribution in [0, 0.1) is 0 Å². The van der Waals surface area contributed by atoms with Gasteiger partial charge in [0.25, 0.3) is 5.56 Å². The van der Waals surface area contributed by atoms with Crippen molar-refractivity contribution in [3.8, 4) is 0 Å². The maximum atomic E-state index is 11.8. The fraction of sp³-hybridized carbons (Fsp3) is 0.300. The second-order valence-corrected chi connectivity index (χ2v) is 3.91. The molecule has 0 atom stereocenters. The first-order valence-corrected chi connectivity index (χ1v) is 5.50. The van der Waals surface area contributed by atoms with E-state index < -0.39 is 0 Å². The number of aryl methyl sites for hydroxylation is 1. The van der Waals surface area contributed by atoms with Crippen molar-refractivity contribution >= 4 is 17.3 Å². The zero-order valence-corrected chi connectivity index (χ0v) is 10.1. The largest absolute Gasteiger partial charge is 0.392 e. The summed E-state index contributed by atoms with van der Waals surface area (Å²) in [6.45, 7) is 3.17. The summed E-state index contributed by atoms with van der Waals surface area (Å²) >= 11 is 5.66. The highest BCUT2D eigenvalue weighted by Crippen LogP contribution is 2.09. The number of nitrogens with two attached hydrogens (primary N) is 1. The quantitative estimate of drug-likeness (QED) is 0.819. The number of aromatic nitrogens is 4. The number of anilines is 1. The average molecular weight is 254 g/mol. The maximum absolute atomic E-state index is 11.8. The number of hydrogen-bond acceptors (Lipinski definition) is 4. The van der Waals surface area contributed by atoms with Crippen LogP contribution in [0.2, 0.25) is 5.15 Å². The van der Waals surface area contributed by atoms with Crippen LogP contribution in [-0.4, -0.2) is 19.1 Å². The first-order valence-electron chi connectivity index (χ1n) is 5.13. The molecule has 7 heteroatoms. The molecule has 0 aromatic carbocycles. The molecule has 90 valence electrons. The van der Waals surface area contributed by atoms with Crippen molar-refractivity contribution in [1.82, 2.24) is 19.1 Å². The Morgan fingerprint density at radius 3 is 2.88 bits per heavy atom. The number of nitrogen functional groups attached to an aromatic ring is 1. The summed E-state index contributed by atoms with van der Waals surface area (Å²) in [4.78, 5) is 19.7. The lowest BCUT2D eigenvalue weighted by atomic mass is 10.4. The van der Waals surface area contributed by atoms with Crippen LogP contribution in [-0.2, 0) is 13.1 Å². The van der Waals surface area contributed by atoms with Crippen molar-refractivity contribution in [1.29, 1.82) is 0 Å². The van der Waals surface area contributed by atoms with Gasteiger partial charge in [-0.2, -0.15) is 0 Å². The van der Waals surface area contributed by atoms with Gasteiger partial charge in [0.15, 0.2) is 5.15 Å². The highest BCUT2D eigenvalue weighted by atomic mass is 35.5. The lowest BCUT2D eigenvalue weighted by Crippen LogP contribution is -2.25. The van der Waals surface area contributed by atoms with Gasteiger partial charge >= 0.3 is 0 Å². The Kier molecular flexibility index (Phi) is 3.14. The van der Waals surface area contributed by atoms with Crippen molar-refractivity contribution < 1.29 is 0 Å². The Balaban J connectivity index is 2.37. The molecule has 0 aliphatic rings. The molecule has 0 fully saturated rings. The van der Waals surface area contributed by atoms with Gasteiger partial charge in [0.2, 0.25) is 0 Å². The highest BCUT2D eigenvalue weighted by Gasteiger charge is 2.08. The highest BCUT2D eigenvalue weighted by molar-refractivity contribution is 6.31. The summed E-state index contributed by atoms with van der Waals surface area (Å²) in [5.41, 5.74) is 6.08. The van der Waals surface area contributed by atoms with E-state index in [2.05, 4.69) is 9.97 Å². The van der Waals surface area contributed by atoms with Crippen LogP contribution < -0.4 is 11.3 Å². The Hall–Kier alpha value is -1.82. The van der Waals surface area contributed by atoms with Crippen molar-refractivity contribution in [3.63, 3.8) is 0 Å². The lowest BCUT2D eigenvalue weighted by Gasteiger charge is -2.08. The van der Waals surface area contributed by atoms with E-state index in [-0.39, 0.29) is 16.4 Å². The molecule has 17 heavy (non-hydrogen) atoms. The third kappa shape index (κ3) is 2.16. The lowest BCUT2D eigenvalue weighted by molar-refractivity contribution is 0.649. The van der Waals surface area contributed by atoms with Gasteiger partial charge in [-0.3, -0.25) is 9.36 Å². The van der Waals surface area contributed by atoms with Gasteiger partial charge in [-0.1, -0.05) is 11.6 Å². The molecule has 2 aromatic rings. The van der Waals surface area contributed by atoms with E-state index in [4.69, 9.17) is 17.3 Å². The van der Waals surface area contributed by atoms with Crippen LogP contribution >= 0.6 is 11.6 Å². The molecule has 2 rings (SSSR count). The van der Waals surface area contributed by atoms with Gasteiger partial charge in [0.1, 0.15) is 5.69 Å². The number of imidazole rings is 1. The van der Waals surface area contributed by atoms with Crippen LogP contribution in [0.25, 0.3) is 0 Å². The molecule has 0 saturated heterocycles. The van der Waals surface area contributed by atoms with Crippen molar-refractivity contribution in [2.45, 2.75) is 20.0 Å². The average Bonchev–Trinajstić information content (AvgIpc) is 2.77. The standard InChI is InChI=1S/C10H12ClN5O/c1-2-15-5-13-3-7(15)4-16-6-14-9(11)8(12)10(16)17/h3,5-6H,2,4,12H2,1H3. The summed E-state index contributed by atoms with van der Waals surface area (Å²) in [6, 6.07) is 0. The zero-order valence-electron chi connectivity index (χ0n) is 9.30. The summed E-state index contributed by atoms with van der Waals surface area (Å²) in [7, 11) is 0. The minimum atomic E-state index is -0.339. The summed E-state index contributed by atoms with van der Waals surface area (Å²) in [6.07, 6.45) is 4.81. The normalized spacial score (nSPS) is 10.7. The van der Waals surface area contributed by atoms with Gasteiger partial charge in [-0.05, 0) is 6.92 Å². The summed E-state index contributed by atoms with van der Waals surface area (Å²) < 4.78 is 3.35. The molecule has 0 aliphatic heterocycles. The Labute approximate surface area is 103 Å². The first-order chi connectivity index (χ1) is 8.13. The Bertz CT molecular complexity index is 589. The molecule has 2 heterocycles. The molecule has 0 spiro atoms. The second-order valence-electron chi connectivity index (χ2n) is 3.55. The minimum Gasteiger partial charge on any atom is -0.392 e. The molecule has 2 aromatic heterocycles. The van der Waals surface area contributed by atoms with Crippen LogP contribution in [0.3, 0.4) is 0 Å². The topological polar surface area (TPSA) is 78.7 Å². The molecule has 0 radical (unpaired) electrons. The predicted octanol–water partition coefficient (Wildman–Crippen LogP) is 0.744. The second kappa shape index (κ2) is 4.58. The van der Waals surface area contributed by atoms with Gasteiger partial charge < -0.3 is 10.3 Å². The van der Waals surface area contributed by atoms with E-state index in [1.807, 2.05) is 11.5 Å². The number of halogens is 1. The van der Waals surface area contributed by atoms with Crippen LogP contribution in [0.15, 0.2) is 23.6 Å². The molecular formula is C10H12ClN5O. The molecule has 0 aliphatic carbocycles. The number of rotatable bonds is 3. The molecule has 0 saturated carbocycles. The smallest absolute Gasteiger partial charge is 0.278 e. The van der Waals surface area contributed by atoms with E-state index in [9.17, 15) is 4.79 Å². The molecule has 0 bridgehead atoms. The van der Waals surface area contributed by atoms with E-state index in [1.54, 1.807) is 12.5 Å². The molecule has 0 amide bonds. The van der Waals surface area contributed by atoms with E-state index in [1.165, 1.54) is 10.9 Å². The molecule has 0 unspecified atom stereocenters. The minimum absolute atomic E-state index is 0.0308. The van der Waals surface area contributed by atoms with E-state index >= 15 is 0 Å². The first kappa shape index (κ1) is 11.7. The van der Waals surface area contributed by atoms with Crippen molar-refractivity contribution in [2.24, 2.45) is 0 Å². The van der Waals surface area contributed by atoms with E-state index in [0.717, 1.165) is 12.2 Å². The third-order valence-electron chi connectivity index (χ3n) is 2.50.